The van der Waals surface area contributed by atoms with Crippen LogP contribution in [0.4, 0.5) is 0 Å². The number of carbonyl (C=O) groups is 5. The molecule has 26 nitrogen and oxygen atoms in total. The molecule has 4 aromatic heterocycles. The Morgan fingerprint density at radius 2 is 0.534 bits per heavy atom. The van der Waals surface area contributed by atoms with Crippen molar-refractivity contribution >= 4 is 61.5 Å². The van der Waals surface area contributed by atoms with E-state index in [0.29, 0.717) is 76.7 Å². The number of hydrogen-bond acceptors (Lipinski definition) is 17. The fourth-order valence-electron chi connectivity index (χ4n) is 19.6. The molecule has 11 aromatic carbocycles. The van der Waals surface area contributed by atoms with Crippen LogP contribution in [-0.4, -0.2) is 185 Å². The van der Waals surface area contributed by atoms with Crippen molar-refractivity contribution in [2.45, 2.75) is 67.7 Å². The Morgan fingerprint density at radius 1 is 0.301 bits per heavy atom. The van der Waals surface area contributed by atoms with Crippen LogP contribution in [0.15, 0.2) is 393 Å². The van der Waals surface area contributed by atoms with Crippen molar-refractivity contribution in [2.75, 3.05) is 107 Å². The second-order valence-electron chi connectivity index (χ2n) is 35.6. The zero-order valence-corrected chi connectivity index (χ0v) is 84.3. The van der Waals surface area contributed by atoms with Gasteiger partial charge in [-0.1, -0.05) is 334 Å². The van der Waals surface area contributed by atoms with Gasteiger partial charge in [0.05, 0.1) is 59.5 Å². The third-order valence-electron chi connectivity index (χ3n) is 26.6. The molecule has 4 aliphatic rings. The number of ether oxygens (including phenoxy) is 7. The third-order valence-corrected chi connectivity index (χ3v) is 27.7. The lowest BCUT2D eigenvalue weighted by Crippen LogP contribution is -2.48. The van der Waals surface area contributed by atoms with Gasteiger partial charge in [-0.25, -0.2) is 4.79 Å². The first kappa shape index (κ1) is 103. The summed E-state index contributed by atoms with van der Waals surface area (Å²) in [7, 11) is 6.38. The minimum atomic E-state index is -1.38. The number of benzene rings is 11. The van der Waals surface area contributed by atoms with Gasteiger partial charge in [0.15, 0.2) is 45.8 Å². The molecule has 146 heavy (non-hydrogen) atoms. The van der Waals surface area contributed by atoms with Gasteiger partial charge in [-0.3, -0.25) is 38.4 Å². The molecule has 0 spiro atoms. The standard InChI is InChI=1S/C32H30N2O6.C31H29BrN2O4.C31H30N2O4.C24H23BrN2O4/c1-39-18-17-33-20-26(27(23-13-7-3-8-14-23)24-15-9-4-10-16-24)34-19-25(32(37)38)29(35)30(28(34)31(33)36)40-21-22-11-5-2-6-12-22;1-37-18-17-33-20-26(27(23-13-7-3-8-14-23)24-15-9-4-10-16-24)34-19-25(32)29(35)30(28(34)31(33)36)38-21-22-11-5-2-6-12-22;1-36-20-19-32-21-26(28(24-13-7-3-8-14-24)25-15-9-4-10-16-25)33-18-17-27(34)30(29(33)31(32)35)37-22-23-11-5-2-6-12-23;1-31-13-12-26-15-19(27-14-18(25)22(28)23(29)21(27)24(26)30)20(16-8-4-2-5-9-16)17-10-6-3-7-11-17/h2-16,19,26-27H,17-18,20-21H2,1H3,(H,37,38);2-16,19,26-27H,17-18,20-21H2,1H3;2-18,26,28H,19-22H2,1H3;2-11,14,19-20,29H,12-13,15H2,1H3/t3*26-;19-/m1111/s1. The van der Waals surface area contributed by atoms with Gasteiger partial charge in [0.2, 0.25) is 21.7 Å². The number of amides is 4. The number of carboxylic acids is 1. The molecule has 4 atom stereocenters. The summed E-state index contributed by atoms with van der Waals surface area (Å²) >= 11 is 6.71. The highest BCUT2D eigenvalue weighted by atomic mass is 79.9. The SMILES string of the molecule is COCCN1C[C@H](C(c2ccccc2)c2ccccc2)n2cc(Br)c(=O)c(O)c2C1=O.COCCN1C[C@H](C(c2ccccc2)c2ccccc2)n2cc(Br)c(=O)c(OCc3ccccc3)c2C1=O.COCCN1C[C@H](C(c2ccccc2)c2ccccc2)n2cc(C(=O)O)c(=O)c(OCc3ccccc3)c2C1=O.COCCN1C[C@H](C(c2ccccc2)c2ccccc2)n2ccc(=O)c(OCc3ccccc3)c2C1=O. The Balaban J connectivity index is 0.000000140. The van der Waals surface area contributed by atoms with E-state index in [0.717, 1.165) is 61.2 Å². The highest BCUT2D eigenvalue weighted by Gasteiger charge is 2.45. The molecule has 0 bridgehead atoms. The number of aromatic hydroxyl groups is 1. The van der Waals surface area contributed by atoms with Crippen LogP contribution < -0.4 is 35.9 Å². The van der Waals surface area contributed by atoms with E-state index in [9.17, 15) is 53.4 Å². The normalized spacial score (nSPS) is 15.1. The molecule has 0 saturated carbocycles. The van der Waals surface area contributed by atoms with E-state index in [2.05, 4.69) is 105 Å². The molecule has 4 amide bonds. The molecule has 0 radical (unpaired) electrons. The Bertz CT molecular complexity index is 7060. The van der Waals surface area contributed by atoms with Crippen molar-refractivity contribution in [3.05, 3.63) is 504 Å². The van der Waals surface area contributed by atoms with E-state index in [4.69, 9.17) is 33.2 Å². The minimum absolute atomic E-state index is 0.00295. The lowest BCUT2D eigenvalue weighted by molar-refractivity contribution is 0.0571. The number of aromatic nitrogens is 4. The first-order valence-electron chi connectivity index (χ1n) is 48.2. The highest BCUT2D eigenvalue weighted by Crippen LogP contribution is 2.47. The Hall–Kier alpha value is -15.4. The molecule has 19 rings (SSSR count). The maximum atomic E-state index is 13.9. The summed E-state index contributed by atoms with van der Waals surface area (Å²) in [4.78, 5) is 126. The average Bonchev–Trinajstić information content (AvgIpc) is 0.745. The summed E-state index contributed by atoms with van der Waals surface area (Å²) in [5.41, 5.74) is 9.36. The van der Waals surface area contributed by atoms with Crippen molar-refractivity contribution in [3.8, 4) is 23.0 Å². The van der Waals surface area contributed by atoms with Crippen molar-refractivity contribution in [3.63, 3.8) is 0 Å². The van der Waals surface area contributed by atoms with Crippen molar-refractivity contribution in [1.82, 2.24) is 37.9 Å². The summed E-state index contributed by atoms with van der Waals surface area (Å²) in [5, 5.41) is 20.6. The smallest absolute Gasteiger partial charge is 0.341 e. The Labute approximate surface area is 862 Å². The van der Waals surface area contributed by atoms with Gasteiger partial charge in [-0.05, 0) is 93.1 Å². The monoisotopic (exact) mass is 2090 g/mol. The zero-order chi connectivity index (χ0) is 102. The van der Waals surface area contributed by atoms with Crippen molar-refractivity contribution < 1.29 is 67.3 Å². The highest BCUT2D eigenvalue weighted by molar-refractivity contribution is 9.10. The van der Waals surface area contributed by atoms with Crippen molar-refractivity contribution in [2.24, 2.45) is 0 Å². The van der Waals surface area contributed by atoms with Crippen LogP contribution in [0, 0.1) is 0 Å². The molecule has 2 N–H and O–H groups in total. The van der Waals surface area contributed by atoms with Crippen LogP contribution in [0.1, 0.15) is 161 Å². The van der Waals surface area contributed by atoms with Crippen LogP contribution in [0.25, 0.3) is 0 Å². The average molecular weight is 2090 g/mol. The van der Waals surface area contributed by atoms with Gasteiger partial charge in [0.25, 0.3) is 23.6 Å². The van der Waals surface area contributed by atoms with Crippen LogP contribution in [0.2, 0.25) is 0 Å². The summed E-state index contributed by atoms with van der Waals surface area (Å²) in [6.45, 7) is 4.96. The topological polar surface area (TPSA) is 291 Å². The molecule has 0 aliphatic carbocycles. The van der Waals surface area contributed by atoms with E-state index >= 15 is 0 Å². The fourth-order valence-corrected chi connectivity index (χ4v) is 20.4. The lowest BCUT2D eigenvalue weighted by Gasteiger charge is -2.40. The van der Waals surface area contributed by atoms with E-state index < -0.39 is 40.1 Å². The minimum Gasteiger partial charge on any atom is -0.503 e. The number of rotatable bonds is 34. The number of pyridine rings is 4. The molecule has 28 heteroatoms. The lowest BCUT2D eigenvalue weighted by atomic mass is 9.83. The van der Waals surface area contributed by atoms with E-state index in [-0.39, 0.29) is 141 Å². The molecule has 15 aromatic rings. The molecule has 0 saturated heterocycles. The summed E-state index contributed by atoms with van der Waals surface area (Å²) < 4.78 is 47.1. The summed E-state index contributed by atoms with van der Waals surface area (Å²) in [5.74, 6) is -3.79. The van der Waals surface area contributed by atoms with E-state index in [1.165, 1.54) is 12.3 Å². The Morgan fingerprint density at radius 3 is 0.815 bits per heavy atom. The number of methoxy groups -OCH3 is 4. The summed E-state index contributed by atoms with van der Waals surface area (Å²) in [6, 6.07) is 110. The van der Waals surface area contributed by atoms with Crippen LogP contribution in [0.5, 0.6) is 23.0 Å². The van der Waals surface area contributed by atoms with E-state index in [1.807, 2.05) is 270 Å². The van der Waals surface area contributed by atoms with E-state index in [1.54, 1.807) is 75.8 Å². The molecule has 8 heterocycles. The van der Waals surface area contributed by atoms with Gasteiger partial charge in [-0.2, -0.15) is 0 Å². The number of fused-ring (bicyclic) bond motifs is 4. The van der Waals surface area contributed by atoms with Crippen LogP contribution in [-0.2, 0) is 38.8 Å². The summed E-state index contributed by atoms with van der Waals surface area (Å²) in [6.07, 6.45) is 6.39. The molecular weight excluding hydrogens is 1980 g/mol. The van der Waals surface area contributed by atoms with Crippen molar-refractivity contribution in [1.29, 1.82) is 0 Å². The Kier molecular flexibility index (Phi) is 35.2. The largest absolute Gasteiger partial charge is 0.503 e. The molecule has 746 valence electrons. The number of carbonyl (C=O) groups excluding carboxylic acids is 4. The third kappa shape index (κ3) is 23.8. The van der Waals surface area contributed by atoms with Gasteiger partial charge in [-0.15, -0.1) is 0 Å². The number of hydrogen-bond donors (Lipinski definition) is 2. The zero-order valence-electron chi connectivity index (χ0n) is 81.1. The molecular formula is C118H112Br2N8O18. The number of carboxylic acid groups (broad SMARTS) is 1. The first-order chi connectivity index (χ1) is 71.3. The number of nitrogens with zero attached hydrogens (tertiary/aromatic N) is 8. The predicted molar refractivity (Wildman–Crippen MR) is 565 cm³/mol. The second kappa shape index (κ2) is 49.7. The van der Waals surface area contributed by atoms with Gasteiger partial charge in [0.1, 0.15) is 25.4 Å². The van der Waals surface area contributed by atoms with Gasteiger partial charge in [0, 0.05) is 135 Å². The maximum absolute atomic E-state index is 13.9. The number of halogens is 2. The van der Waals surface area contributed by atoms with Gasteiger partial charge >= 0.3 is 5.97 Å². The quantitative estimate of drug-likeness (QED) is 0.0379. The molecule has 0 unspecified atom stereocenters. The molecule has 4 aliphatic heterocycles. The number of aromatic carboxylic acids is 1. The van der Waals surface area contributed by atoms with Crippen LogP contribution >= 0.6 is 31.9 Å². The van der Waals surface area contributed by atoms with Gasteiger partial charge < -0.3 is 81.2 Å². The fraction of sp³-hybridized carbons (Fsp3) is 0.229. The first-order valence-corrected chi connectivity index (χ1v) is 49.7. The second-order valence-corrected chi connectivity index (χ2v) is 37.3. The van der Waals surface area contributed by atoms with Crippen LogP contribution in [0.3, 0.4) is 0 Å². The maximum Gasteiger partial charge on any atom is 0.341 e. The predicted octanol–water partition coefficient (Wildman–Crippen LogP) is 19.0. The molecule has 0 fully saturated rings.